The second-order valence-electron chi connectivity index (χ2n) is 5.05. The molecule has 0 unspecified atom stereocenters. The molecule has 0 radical (unpaired) electrons. The van der Waals surface area contributed by atoms with Crippen molar-refractivity contribution in [2.45, 2.75) is 13.8 Å². The molecule has 100 valence electrons. The number of aromatic carboxylic acids is 1. The van der Waals surface area contributed by atoms with Crippen LogP contribution >= 0.6 is 0 Å². The van der Waals surface area contributed by atoms with E-state index in [0.717, 1.165) is 27.6 Å². The van der Waals surface area contributed by atoms with Crippen molar-refractivity contribution in [3.8, 4) is 11.3 Å². The molecule has 2 aromatic carbocycles. The van der Waals surface area contributed by atoms with Crippen LogP contribution in [-0.4, -0.2) is 16.1 Å². The highest BCUT2D eigenvalue weighted by atomic mass is 16.4. The van der Waals surface area contributed by atoms with Gasteiger partial charge in [0.25, 0.3) is 0 Å². The van der Waals surface area contributed by atoms with Gasteiger partial charge in [0.1, 0.15) is 0 Å². The van der Waals surface area contributed by atoms with Gasteiger partial charge >= 0.3 is 5.97 Å². The molecule has 0 atom stereocenters. The van der Waals surface area contributed by atoms with E-state index in [1.807, 2.05) is 50.2 Å². The molecule has 1 heterocycles. The number of hydrogen-bond acceptors (Lipinski definition) is 1. The summed E-state index contributed by atoms with van der Waals surface area (Å²) in [5.41, 5.74) is 4.92. The van der Waals surface area contributed by atoms with E-state index in [9.17, 15) is 9.90 Å². The maximum atomic E-state index is 11.7. The van der Waals surface area contributed by atoms with Gasteiger partial charge in [0.05, 0.1) is 11.3 Å². The lowest BCUT2D eigenvalue weighted by Gasteiger charge is -2.00. The van der Waals surface area contributed by atoms with Crippen molar-refractivity contribution in [3.63, 3.8) is 0 Å². The molecule has 0 aliphatic rings. The Hall–Kier alpha value is -2.55. The Morgan fingerprint density at radius 2 is 1.80 bits per heavy atom. The fraction of sp³-hybridized carbons (Fsp3) is 0.118. The summed E-state index contributed by atoms with van der Waals surface area (Å²) in [6, 6.07) is 13.5. The Balaban J connectivity index is 2.41. The number of nitrogens with one attached hydrogen (secondary N) is 1. The van der Waals surface area contributed by atoms with Crippen LogP contribution in [0.3, 0.4) is 0 Å². The molecule has 0 spiro atoms. The molecule has 20 heavy (non-hydrogen) atoms. The molecule has 0 aliphatic carbocycles. The summed E-state index contributed by atoms with van der Waals surface area (Å²) in [5.74, 6) is -0.903. The topological polar surface area (TPSA) is 53.1 Å². The van der Waals surface area contributed by atoms with Crippen LogP contribution in [0, 0.1) is 13.8 Å². The molecule has 3 nitrogen and oxygen atoms in total. The van der Waals surface area contributed by atoms with Gasteiger partial charge in [0.15, 0.2) is 0 Å². The predicted octanol–water partition coefficient (Wildman–Crippen LogP) is 4.15. The van der Waals surface area contributed by atoms with Gasteiger partial charge in [0, 0.05) is 10.9 Å². The van der Waals surface area contributed by atoms with Gasteiger partial charge in [-0.05, 0) is 31.0 Å². The van der Waals surface area contributed by atoms with Crippen molar-refractivity contribution in [2.75, 3.05) is 0 Å². The quantitative estimate of drug-likeness (QED) is 0.731. The summed E-state index contributed by atoms with van der Waals surface area (Å²) in [7, 11) is 0. The van der Waals surface area contributed by atoms with Crippen LogP contribution in [0.2, 0.25) is 0 Å². The minimum absolute atomic E-state index is 0.345. The van der Waals surface area contributed by atoms with E-state index < -0.39 is 5.97 Å². The van der Waals surface area contributed by atoms with Gasteiger partial charge in [-0.25, -0.2) is 4.79 Å². The van der Waals surface area contributed by atoms with E-state index in [1.54, 1.807) is 0 Å². The highest BCUT2D eigenvalue weighted by Gasteiger charge is 2.19. The number of benzene rings is 2. The summed E-state index contributed by atoms with van der Waals surface area (Å²) in [6.45, 7) is 3.97. The summed E-state index contributed by atoms with van der Waals surface area (Å²) < 4.78 is 0. The van der Waals surface area contributed by atoms with Crippen LogP contribution in [0.5, 0.6) is 0 Å². The van der Waals surface area contributed by atoms with Crippen LogP contribution in [0.4, 0.5) is 0 Å². The Morgan fingerprint density at radius 1 is 1.10 bits per heavy atom. The first-order valence-electron chi connectivity index (χ1n) is 6.49. The smallest absolute Gasteiger partial charge is 0.338 e. The lowest BCUT2D eigenvalue weighted by atomic mass is 10.0. The Labute approximate surface area is 116 Å². The van der Waals surface area contributed by atoms with Gasteiger partial charge in [-0.1, -0.05) is 42.0 Å². The molecule has 0 fully saturated rings. The SMILES string of the molecule is Cc1cc(C)c2[nH]c(-c3ccccc3)c(C(=O)O)c2c1. The standard InChI is InChI=1S/C17H15NO2/c1-10-8-11(2)15-13(9-10)14(17(19)20)16(18-15)12-6-4-3-5-7-12/h3-9,18H,1-2H3,(H,19,20). The summed E-state index contributed by atoms with van der Waals surface area (Å²) in [4.78, 5) is 14.9. The molecule has 0 saturated heterocycles. The summed E-state index contributed by atoms with van der Waals surface area (Å²) in [5, 5.41) is 10.3. The molecular weight excluding hydrogens is 250 g/mol. The zero-order chi connectivity index (χ0) is 14.3. The lowest BCUT2D eigenvalue weighted by Crippen LogP contribution is -1.97. The van der Waals surface area contributed by atoms with Gasteiger partial charge in [-0.2, -0.15) is 0 Å². The van der Waals surface area contributed by atoms with Gasteiger partial charge in [-0.3, -0.25) is 0 Å². The third kappa shape index (κ3) is 1.88. The van der Waals surface area contributed by atoms with E-state index in [4.69, 9.17) is 0 Å². The number of fused-ring (bicyclic) bond motifs is 1. The van der Waals surface area contributed by atoms with Crippen LogP contribution < -0.4 is 0 Å². The van der Waals surface area contributed by atoms with Crippen LogP contribution in [0.1, 0.15) is 21.5 Å². The second kappa shape index (κ2) is 4.53. The molecule has 0 aliphatic heterocycles. The van der Waals surface area contributed by atoms with Crippen molar-refractivity contribution >= 4 is 16.9 Å². The molecule has 3 aromatic rings. The minimum atomic E-state index is -0.903. The predicted molar refractivity (Wildman–Crippen MR) is 80.2 cm³/mol. The maximum absolute atomic E-state index is 11.7. The van der Waals surface area contributed by atoms with Crippen molar-refractivity contribution in [1.82, 2.24) is 4.98 Å². The van der Waals surface area contributed by atoms with Crippen molar-refractivity contribution in [3.05, 3.63) is 59.2 Å². The fourth-order valence-electron chi connectivity index (χ4n) is 2.70. The Morgan fingerprint density at radius 3 is 2.45 bits per heavy atom. The summed E-state index contributed by atoms with van der Waals surface area (Å²) >= 11 is 0. The zero-order valence-electron chi connectivity index (χ0n) is 11.4. The third-order valence-electron chi connectivity index (χ3n) is 3.53. The number of aromatic amines is 1. The number of aromatic nitrogens is 1. The average molecular weight is 265 g/mol. The number of H-pyrrole nitrogens is 1. The van der Waals surface area contributed by atoms with Gasteiger partial charge < -0.3 is 10.1 Å². The molecule has 3 heteroatoms. The van der Waals surface area contributed by atoms with E-state index in [0.29, 0.717) is 11.3 Å². The van der Waals surface area contributed by atoms with Crippen LogP contribution in [0.25, 0.3) is 22.2 Å². The lowest BCUT2D eigenvalue weighted by molar-refractivity contribution is 0.0700. The van der Waals surface area contributed by atoms with Gasteiger partial charge in [0.2, 0.25) is 0 Å². The number of carboxylic acid groups (broad SMARTS) is 1. The maximum Gasteiger partial charge on any atom is 0.338 e. The Kier molecular flexibility index (Phi) is 2.83. The number of carbonyl (C=O) groups is 1. The molecule has 0 amide bonds. The number of hydrogen-bond donors (Lipinski definition) is 2. The Bertz CT molecular complexity index is 801. The average Bonchev–Trinajstić information content (AvgIpc) is 2.79. The monoisotopic (exact) mass is 265 g/mol. The largest absolute Gasteiger partial charge is 0.478 e. The fourth-order valence-corrected chi connectivity index (χ4v) is 2.70. The second-order valence-corrected chi connectivity index (χ2v) is 5.05. The molecule has 0 saturated carbocycles. The van der Waals surface area contributed by atoms with E-state index >= 15 is 0 Å². The first-order valence-corrected chi connectivity index (χ1v) is 6.49. The highest BCUT2D eigenvalue weighted by Crippen LogP contribution is 2.32. The first-order chi connectivity index (χ1) is 9.58. The minimum Gasteiger partial charge on any atom is -0.478 e. The van der Waals surface area contributed by atoms with E-state index in [-0.39, 0.29) is 0 Å². The van der Waals surface area contributed by atoms with E-state index in [1.165, 1.54) is 0 Å². The molecule has 1 aromatic heterocycles. The number of aryl methyl sites for hydroxylation is 2. The normalized spacial score (nSPS) is 10.9. The molecule has 2 N–H and O–H groups in total. The van der Waals surface area contributed by atoms with E-state index in [2.05, 4.69) is 11.1 Å². The first kappa shape index (κ1) is 12.5. The van der Waals surface area contributed by atoms with Crippen LogP contribution in [0.15, 0.2) is 42.5 Å². The molecule has 3 rings (SSSR count). The zero-order valence-corrected chi connectivity index (χ0v) is 11.4. The molecular formula is C17H15NO2. The van der Waals surface area contributed by atoms with Crippen molar-refractivity contribution in [2.24, 2.45) is 0 Å². The number of rotatable bonds is 2. The van der Waals surface area contributed by atoms with Crippen LogP contribution in [-0.2, 0) is 0 Å². The van der Waals surface area contributed by atoms with Crippen molar-refractivity contribution < 1.29 is 9.90 Å². The highest BCUT2D eigenvalue weighted by molar-refractivity contribution is 6.10. The molecule has 0 bridgehead atoms. The van der Waals surface area contributed by atoms with Crippen molar-refractivity contribution in [1.29, 1.82) is 0 Å². The third-order valence-corrected chi connectivity index (χ3v) is 3.53. The summed E-state index contributed by atoms with van der Waals surface area (Å²) in [6.07, 6.45) is 0. The van der Waals surface area contributed by atoms with Gasteiger partial charge in [-0.15, -0.1) is 0 Å². The number of carboxylic acids is 1.